The van der Waals surface area contributed by atoms with Gasteiger partial charge in [0.05, 0.1) is 58.4 Å². The quantitative estimate of drug-likeness (QED) is 0.444. The number of nitrogens with one attached hydrogen (secondary N) is 1. The van der Waals surface area contributed by atoms with E-state index in [0.717, 1.165) is 0 Å². The summed E-state index contributed by atoms with van der Waals surface area (Å²) in [4.78, 5) is 23.4. The number of hydrogen-bond donors (Lipinski definition) is 1. The van der Waals surface area contributed by atoms with Crippen molar-refractivity contribution >= 4 is 17.6 Å². The maximum absolute atomic E-state index is 11.7. The third kappa shape index (κ3) is 7.97. The molecule has 1 aromatic carbocycles. The molecule has 0 radical (unpaired) electrons. The molecule has 0 spiro atoms. The maximum Gasteiger partial charge on any atom is 0.337 e. The normalized spacial score (nSPS) is 10.4. The van der Waals surface area contributed by atoms with E-state index in [0.29, 0.717) is 45.3 Å². The van der Waals surface area contributed by atoms with Gasteiger partial charge in [-0.15, -0.1) is 0 Å². The van der Waals surface area contributed by atoms with Crippen LogP contribution in [0.2, 0.25) is 0 Å². The van der Waals surface area contributed by atoms with E-state index in [9.17, 15) is 9.59 Å². The van der Waals surface area contributed by atoms with Crippen LogP contribution in [-0.2, 0) is 23.7 Å². The molecule has 0 heterocycles. The van der Waals surface area contributed by atoms with Crippen LogP contribution < -0.4 is 5.32 Å². The van der Waals surface area contributed by atoms with Crippen molar-refractivity contribution in [2.75, 3.05) is 66.2 Å². The van der Waals surface area contributed by atoms with Crippen molar-refractivity contribution in [2.24, 2.45) is 0 Å². The Bertz CT molecular complexity index is 514. The highest BCUT2D eigenvalue weighted by atomic mass is 16.5. The summed E-state index contributed by atoms with van der Waals surface area (Å²) >= 11 is 0. The van der Waals surface area contributed by atoms with Crippen LogP contribution >= 0.6 is 0 Å². The number of anilines is 1. The van der Waals surface area contributed by atoms with Crippen molar-refractivity contribution < 1.29 is 33.3 Å². The first kappa shape index (κ1) is 20.9. The minimum absolute atomic E-state index is 0.264. The number of carbonyl (C=O) groups is 2. The molecule has 0 aliphatic carbocycles. The lowest BCUT2D eigenvalue weighted by Crippen LogP contribution is -2.14. The summed E-state index contributed by atoms with van der Waals surface area (Å²) in [7, 11) is 4.18. The molecule has 0 unspecified atom stereocenters. The zero-order valence-electron chi connectivity index (χ0n) is 14.8. The molecule has 1 N–H and O–H groups in total. The standard InChI is InChI=1S/C17H25NO7/c1-21-6-7-25-9-8-24-5-4-18-15-11-13(16(19)22-2)10-14(12-15)17(20)23-3/h10-12,18H,4-9H2,1-3H3. The minimum Gasteiger partial charge on any atom is -0.465 e. The number of benzene rings is 1. The molecular formula is C17H25NO7. The SMILES string of the molecule is COCCOCCOCCNc1cc(C(=O)OC)cc(C(=O)OC)c1. The summed E-state index contributed by atoms with van der Waals surface area (Å²) in [6.45, 7) is 3.01. The number of methoxy groups -OCH3 is 3. The second-order valence-electron chi connectivity index (χ2n) is 4.93. The van der Waals surface area contributed by atoms with Crippen LogP contribution in [0.3, 0.4) is 0 Å². The first-order chi connectivity index (χ1) is 12.1. The van der Waals surface area contributed by atoms with Gasteiger partial charge in [0.15, 0.2) is 0 Å². The van der Waals surface area contributed by atoms with E-state index in [2.05, 4.69) is 5.32 Å². The van der Waals surface area contributed by atoms with E-state index in [1.54, 1.807) is 19.2 Å². The van der Waals surface area contributed by atoms with Crippen LogP contribution in [0.4, 0.5) is 5.69 Å². The molecule has 0 fully saturated rings. The average molecular weight is 355 g/mol. The Hall–Kier alpha value is -2.16. The molecule has 0 aliphatic rings. The Kier molecular flexibility index (Phi) is 10.2. The zero-order chi connectivity index (χ0) is 18.5. The topological polar surface area (TPSA) is 92.3 Å². The van der Waals surface area contributed by atoms with E-state index >= 15 is 0 Å². The van der Waals surface area contributed by atoms with Crippen molar-refractivity contribution in [3.05, 3.63) is 29.3 Å². The first-order valence-electron chi connectivity index (χ1n) is 7.82. The van der Waals surface area contributed by atoms with E-state index < -0.39 is 11.9 Å². The van der Waals surface area contributed by atoms with Crippen LogP contribution in [0.5, 0.6) is 0 Å². The molecule has 0 atom stereocenters. The van der Waals surface area contributed by atoms with E-state index in [-0.39, 0.29) is 11.1 Å². The molecule has 0 bridgehead atoms. The summed E-state index contributed by atoms with van der Waals surface area (Å²) in [6.07, 6.45) is 0. The molecule has 8 nitrogen and oxygen atoms in total. The largest absolute Gasteiger partial charge is 0.465 e. The molecule has 0 aliphatic heterocycles. The Morgan fingerprint density at radius 1 is 0.800 bits per heavy atom. The highest BCUT2D eigenvalue weighted by Crippen LogP contribution is 2.16. The fourth-order valence-corrected chi connectivity index (χ4v) is 1.93. The van der Waals surface area contributed by atoms with Crippen molar-refractivity contribution in [1.29, 1.82) is 0 Å². The minimum atomic E-state index is -0.529. The van der Waals surface area contributed by atoms with Gasteiger partial charge < -0.3 is 29.0 Å². The highest BCUT2D eigenvalue weighted by molar-refractivity contribution is 5.96. The Morgan fingerprint density at radius 2 is 1.32 bits per heavy atom. The van der Waals surface area contributed by atoms with E-state index in [1.807, 2.05) is 0 Å². The Balaban J connectivity index is 2.46. The van der Waals surface area contributed by atoms with Crippen molar-refractivity contribution in [2.45, 2.75) is 0 Å². The summed E-state index contributed by atoms with van der Waals surface area (Å²) in [5.74, 6) is -1.06. The Morgan fingerprint density at radius 3 is 1.84 bits per heavy atom. The monoisotopic (exact) mass is 355 g/mol. The van der Waals surface area contributed by atoms with Gasteiger partial charge >= 0.3 is 11.9 Å². The van der Waals surface area contributed by atoms with Crippen molar-refractivity contribution in [3.8, 4) is 0 Å². The van der Waals surface area contributed by atoms with Gasteiger partial charge in [0, 0.05) is 19.3 Å². The van der Waals surface area contributed by atoms with Crippen molar-refractivity contribution in [3.63, 3.8) is 0 Å². The fourth-order valence-electron chi connectivity index (χ4n) is 1.93. The van der Waals surface area contributed by atoms with Gasteiger partial charge in [-0.05, 0) is 18.2 Å². The second kappa shape index (κ2) is 12.2. The third-order valence-electron chi connectivity index (χ3n) is 3.15. The predicted molar refractivity (Wildman–Crippen MR) is 91.1 cm³/mol. The summed E-state index contributed by atoms with van der Waals surface area (Å²) in [6, 6.07) is 4.63. The number of esters is 2. The van der Waals surface area contributed by atoms with Gasteiger partial charge in [0.1, 0.15) is 0 Å². The highest BCUT2D eigenvalue weighted by Gasteiger charge is 2.13. The zero-order valence-corrected chi connectivity index (χ0v) is 14.8. The number of rotatable bonds is 12. The van der Waals surface area contributed by atoms with Crippen LogP contribution in [0.1, 0.15) is 20.7 Å². The van der Waals surface area contributed by atoms with Gasteiger partial charge in [0.2, 0.25) is 0 Å². The Labute approximate surface area is 147 Å². The van der Waals surface area contributed by atoms with Crippen molar-refractivity contribution in [1.82, 2.24) is 0 Å². The third-order valence-corrected chi connectivity index (χ3v) is 3.15. The van der Waals surface area contributed by atoms with Crippen LogP contribution in [0, 0.1) is 0 Å². The molecule has 1 aromatic rings. The molecule has 25 heavy (non-hydrogen) atoms. The molecule has 8 heteroatoms. The molecule has 0 amide bonds. The summed E-state index contributed by atoms with van der Waals surface area (Å²) < 4.78 is 24.9. The summed E-state index contributed by atoms with van der Waals surface area (Å²) in [5.41, 5.74) is 1.13. The van der Waals surface area contributed by atoms with E-state index in [1.165, 1.54) is 20.3 Å². The number of ether oxygens (including phenoxy) is 5. The second-order valence-corrected chi connectivity index (χ2v) is 4.93. The van der Waals surface area contributed by atoms with Gasteiger partial charge in [-0.3, -0.25) is 0 Å². The lowest BCUT2D eigenvalue weighted by Gasteiger charge is -2.11. The lowest BCUT2D eigenvalue weighted by molar-refractivity contribution is 0.0272. The van der Waals surface area contributed by atoms with E-state index in [4.69, 9.17) is 23.7 Å². The van der Waals surface area contributed by atoms with Gasteiger partial charge in [0.25, 0.3) is 0 Å². The first-order valence-corrected chi connectivity index (χ1v) is 7.82. The van der Waals surface area contributed by atoms with Gasteiger partial charge in [-0.1, -0.05) is 0 Å². The number of hydrogen-bond acceptors (Lipinski definition) is 8. The molecule has 1 rings (SSSR count). The average Bonchev–Trinajstić information content (AvgIpc) is 2.65. The van der Waals surface area contributed by atoms with Gasteiger partial charge in [-0.2, -0.15) is 0 Å². The smallest absolute Gasteiger partial charge is 0.337 e. The molecule has 0 aromatic heterocycles. The van der Waals surface area contributed by atoms with Crippen LogP contribution in [0.25, 0.3) is 0 Å². The lowest BCUT2D eigenvalue weighted by atomic mass is 10.1. The molecule has 140 valence electrons. The molecule has 0 saturated heterocycles. The van der Waals surface area contributed by atoms with Gasteiger partial charge in [-0.25, -0.2) is 9.59 Å². The number of carbonyl (C=O) groups excluding carboxylic acids is 2. The summed E-state index contributed by atoms with van der Waals surface area (Å²) in [5, 5.41) is 3.09. The predicted octanol–water partition coefficient (Wildman–Crippen LogP) is 1.35. The van der Waals surface area contributed by atoms with Crippen LogP contribution in [-0.4, -0.2) is 72.8 Å². The van der Waals surface area contributed by atoms with Crippen LogP contribution in [0.15, 0.2) is 18.2 Å². The maximum atomic E-state index is 11.7. The molecular weight excluding hydrogens is 330 g/mol. The molecule has 0 saturated carbocycles. The fraction of sp³-hybridized carbons (Fsp3) is 0.529.